The Morgan fingerprint density at radius 2 is 1.83 bits per heavy atom. The average molecular weight is 166 g/mol. The second-order valence-corrected chi connectivity index (χ2v) is 4.72. The molecule has 12 heavy (non-hydrogen) atoms. The van der Waals surface area contributed by atoms with E-state index in [0.29, 0.717) is 5.41 Å². The van der Waals surface area contributed by atoms with Crippen LogP contribution in [0.3, 0.4) is 0 Å². The molecular formula is C12H22. The highest BCUT2D eigenvalue weighted by Crippen LogP contribution is 2.44. The quantitative estimate of drug-likeness (QED) is 0.541. The first-order chi connectivity index (χ1) is 5.61. The van der Waals surface area contributed by atoms with Gasteiger partial charge in [-0.2, -0.15) is 0 Å². The molecule has 0 fully saturated rings. The number of allylic oxidation sites excluding steroid dienone is 2. The molecule has 70 valence electrons. The highest BCUT2D eigenvalue weighted by Gasteiger charge is 2.34. The Morgan fingerprint density at radius 1 is 1.25 bits per heavy atom. The number of hydrogen-bond donors (Lipinski definition) is 0. The van der Waals surface area contributed by atoms with Crippen molar-refractivity contribution in [3.63, 3.8) is 0 Å². The molecule has 0 nitrogen and oxygen atoms in total. The van der Waals surface area contributed by atoms with Gasteiger partial charge in [0, 0.05) is 0 Å². The van der Waals surface area contributed by atoms with Gasteiger partial charge < -0.3 is 0 Å². The second kappa shape index (κ2) is 3.64. The zero-order valence-corrected chi connectivity index (χ0v) is 8.93. The topological polar surface area (TPSA) is 0 Å². The van der Waals surface area contributed by atoms with Gasteiger partial charge in [0.05, 0.1) is 0 Å². The summed E-state index contributed by atoms with van der Waals surface area (Å²) in [6.07, 6.45) is 8.71. The van der Waals surface area contributed by atoms with Gasteiger partial charge in [-0.3, -0.25) is 0 Å². The lowest BCUT2D eigenvalue weighted by atomic mass is 9.71. The molecule has 0 N–H and O–H groups in total. The maximum Gasteiger partial charge on any atom is -0.00198 e. The van der Waals surface area contributed by atoms with Gasteiger partial charge in [-0.1, -0.05) is 52.7 Å². The molecule has 0 aromatic carbocycles. The van der Waals surface area contributed by atoms with Gasteiger partial charge in [0.25, 0.3) is 0 Å². The molecule has 0 aromatic rings. The molecule has 1 aliphatic carbocycles. The van der Waals surface area contributed by atoms with E-state index in [1.54, 1.807) is 0 Å². The monoisotopic (exact) mass is 166 g/mol. The van der Waals surface area contributed by atoms with Crippen molar-refractivity contribution in [3.05, 3.63) is 12.2 Å². The molecule has 0 aliphatic heterocycles. The summed E-state index contributed by atoms with van der Waals surface area (Å²) in [5, 5.41) is 0. The van der Waals surface area contributed by atoms with Crippen molar-refractivity contribution in [2.24, 2.45) is 17.3 Å². The van der Waals surface area contributed by atoms with Crippen LogP contribution in [-0.2, 0) is 0 Å². The van der Waals surface area contributed by atoms with E-state index in [-0.39, 0.29) is 0 Å². The van der Waals surface area contributed by atoms with Gasteiger partial charge >= 0.3 is 0 Å². The molecular weight excluding hydrogens is 144 g/mol. The molecule has 1 aliphatic rings. The summed E-state index contributed by atoms with van der Waals surface area (Å²) >= 11 is 0. The van der Waals surface area contributed by atoms with Crippen LogP contribution in [0.25, 0.3) is 0 Å². The Morgan fingerprint density at radius 3 is 2.17 bits per heavy atom. The van der Waals surface area contributed by atoms with Crippen LogP contribution in [0.5, 0.6) is 0 Å². The molecule has 0 radical (unpaired) electrons. The second-order valence-electron chi connectivity index (χ2n) is 4.72. The van der Waals surface area contributed by atoms with E-state index >= 15 is 0 Å². The molecule has 0 aromatic heterocycles. The third kappa shape index (κ3) is 2.12. The SMILES string of the molecule is CCCC(C)(C)C(CC)C1C=C1. The van der Waals surface area contributed by atoms with Crippen LogP contribution >= 0.6 is 0 Å². The maximum atomic E-state index is 2.42. The zero-order valence-electron chi connectivity index (χ0n) is 8.93. The van der Waals surface area contributed by atoms with Crippen LogP contribution in [0.2, 0.25) is 0 Å². The van der Waals surface area contributed by atoms with Crippen LogP contribution in [0, 0.1) is 17.3 Å². The lowest BCUT2D eigenvalue weighted by molar-refractivity contribution is 0.171. The molecule has 1 rings (SSSR count). The minimum atomic E-state index is 0.539. The summed E-state index contributed by atoms with van der Waals surface area (Å²) in [5.74, 6) is 1.72. The minimum Gasteiger partial charge on any atom is -0.0807 e. The van der Waals surface area contributed by atoms with Crippen molar-refractivity contribution < 1.29 is 0 Å². The van der Waals surface area contributed by atoms with Crippen molar-refractivity contribution in [1.82, 2.24) is 0 Å². The van der Waals surface area contributed by atoms with Crippen molar-refractivity contribution in [1.29, 1.82) is 0 Å². The van der Waals surface area contributed by atoms with Gasteiger partial charge in [0.15, 0.2) is 0 Å². The van der Waals surface area contributed by atoms with Crippen molar-refractivity contribution in [2.75, 3.05) is 0 Å². The van der Waals surface area contributed by atoms with E-state index in [9.17, 15) is 0 Å². The van der Waals surface area contributed by atoms with Crippen molar-refractivity contribution in [3.8, 4) is 0 Å². The zero-order chi connectivity index (χ0) is 9.19. The van der Waals surface area contributed by atoms with Crippen LogP contribution in [-0.4, -0.2) is 0 Å². The van der Waals surface area contributed by atoms with E-state index in [2.05, 4.69) is 39.8 Å². The van der Waals surface area contributed by atoms with Gasteiger partial charge in [-0.05, 0) is 23.7 Å². The highest BCUT2D eigenvalue weighted by molar-refractivity contribution is 5.17. The summed E-state index contributed by atoms with van der Waals surface area (Å²) in [4.78, 5) is 0. The van der Waals surface area contributed by atoms with Crippen LogP contribution in [0.4, 0.5) is 0 Å². The average Bonchev–Trinajstić information content (AvgIpc) is 2.71. The number of hydrogen-bond acceptors (Lipinski definition) is 0. The molecule has 0 saturated heterocycles. The predicted molar refractivity (Wildman–Crippen MR) is 55.1 cm³/mol. The normalized spacial score (nSPS) is 19.7. The molecule has 0 heterocycles. The molecule has 0 spiro atoms. The van der Waals surface area contributed by atoms with Crippen LogP contribution in [0.15, 0.2) is 12.2 Å². The summed E-state index contributed by atoms with van der Waals surface area (Å²) in [5.41, 5.74) is 0.539. The van der Waals surface area contributed by atoms with Crippen molar-refractivity contribution >= 4 is 0 Å². The molecule has 0 heteroatoms. The summed E-state index contributed by atoms with van der Waals surface area (Å²) in [7, 11) is 0. The van der Waals surface area contributed by atoms with Crippen molar-refractivity contribution in [2.45, 2.75) is 47.0 Å². The van der Waals surface area contributed by atoms with E-state index in [0.717, 1.165) is 11.8 Å². The standard InChI is InChI=1S/C12H22/c1-5-9-12(3,4)11(6-2)10-7-8-10/h7-8,10-11H,5-6,9H2,1-4H3. The fourth-order valence-corrected chi connectivity index (χ4v) is 2.51. The van der Waals surface area contributed by atoms with E-state index < -0.39 is 0 Å². The number of rotatable bonds is 5. The molecule has 1 atom stereocenters. The Kier molecular flexibility index (Phi) is 2.98. The van der Waals surface area contributed by atoms with Gasteiger partial charge in [-0.25, -0.2) is 0 Å². The summed E-state index contributed by atoms with van der Waals surface area (Å²) in [6.45, 7) is 9.45. The smallest absolute Gasteiger partial charge is 0.00198 e. The lowest BCUT2D eigenvalue weighted by Gasteiger charge is -2.34. The first kappa shape index (κ1) is 9.83. The largest absolute Gasteiger partial charge is 0.0807 e. The summed E-state index contributed by atoms with van der Waals surface area (Å²) in [6, 6.07) is 0. The Hall–Kier alpha value is -0.260. The Bertz CT molecular complexity index is 159. The maximum absolute atomic E-state index is 2.42. The van der Waals surface area contributed by atoms with Gasteiger partial charge in [0.1, 0.15) is 0 Å². The van der Waals surface area contributed by atoms with E-state index in [4.69, 9.17) is 0 Å². The van der Waals surface area contributed by atoms with Crippen LogP contribution < -0.4 is 0 Å². The molecule has 0 bridgehead atoms. The predicted octanol–water partition coefficient (Wildman–Crippen LogP) is 4.02. The molecule has 0 saturated carbocycles. The highest BCUT2D eigenvalue weighted by atomic mass is 14.4. The van der Waals surface area contributed by atoms with Crippen LogP contribution in [0.1, 0.15) is 47.0 Å². The van der Waals surface area contributed by atoms with Gasteiger partial charge in [-0.15, -0.1) is 0 Å². The minimum absolute atomic E-state index is 0.539. The lowest BCUT2D eigenvalue weighted by Crippen LogP contribution is -2.25. The van der Waals surface area contributed by atoms with E-state index in [1.807, 2.05) is 0 Å². The third-order valence-electron chi connectivity index (χ3n) is 3.22. The first-order valence-electron chi connectivity index (χ1n) is 5.30. The van der Waals surface area contributed by atoms with E-state index in [1.165, 1.54) is 19.3 Å². The fourth-order valence-electron chi connectivity index (χ4n) is 2.51. The van der Waals surface area contributed by atoms with Gasteiger partial charge in [0.2, 0.25) is 0 Å². The summed E-state index contributed by atoms with van der Waals surface area (Å²) < 4.78 is 0. The third-order valence-corrected chi connectivity index (χ3v) is 3.22. The fraction of sp³-hybridized carbons (Fsp3) is 0.833. The Balaban J connectivity index is 2.49. The molecule has 0 amide bonds. The molecule has 1 unspecified atom stereocenters. The Labute approximate surface area is 77.1 Å². The first-order valence-corrected chi connectivity index (χ1v) is 5.30.